The zero-order chi connectivity index (χ0) is 20.8. The number of anilines is 2. The molecule has 8 heteroatoms. The van der Waals surface area contributed by atoms with Crippen LogP contribution in [0.3, 0.4) is 0 Å². The molecule has 2 heterocycles. The Hall–Kier alpha value is -3.58. The van der Waals surface area contributed by atoms with Gasteiger partial charge in [0, 0.05) is 17.8 Å². The normalized spacial score (nSPS) is 15.3. The van der Waals surface area contributed by atoms with Gasteiger partial charge in [-0.25, -0.2) is 14.9 Å². The molecule has 1 aliphatic carbocycles. The lowest BCUT2D eigenvalue weighted by atomic mass is 10.1. The van der Waals surface area contributed by atoms with Crippen LogP contribution in [0.5, 0.6) is 0 Å². The van der Waals surface area contributed by atoms with Crippen LogP contribution in [0.15, 0.2) is 54.7 Å². The van der Waals surface area contributed by atoms with E-state index in [0.717, 1.165) is 17.7 Å². The van der Waals surface area contributed by atoms with Gasteiger partial charge >= 0.3 is 0 Å². The second-order valence-corrected chi connectivity index (χ2v) is 7.59. The summed E-state index contributed by atoms with van der Waals surface area (Å²) >= 11 is 6.36. The number of carbonyl (C=O) groups excluding carboxylic acids is 3. The second-order valence-electron chi connectivity index (χ2n) is 7.19. The Labute approximate surface area is 176 Å². The lowest BCUT2D eigenvalue weighted by molar-refractivity contribution is 0.0924. The van der Waals surface area contributed by atoms with Crippen LogP contribution in [-0.2, 0) is 0 Å². The highest BCUT2D eigenvalue weighted by atomic mass is 35.5. The number of rotatable bonds is 4. The van der Waals surface area contributed by atoms with E-state index < -0.39 is 11.8 Å². The summed E-state index contributed by atoms with van der Waals surface area (Å²) in [4.78, 5) is 47.5. The average Bonchev–Trinajstić information content (AvgIpc) is 3.57. The molecule has 30 heavy (non-hydrogen) atoms. The van der Waals surface area contributed by atoms with Crippen LogP contribution in [-0.4, -0.2) is 27.7 Å². The van der Waals surface area contributed by atoms with Gasteiger partial charge in [0.15, 0.2) is 0 Å². The zero-order valence-corrected chi connectivity index (χ0v) is 16.4. The number of halogens is 1. The summed E-state index contributed by atoms with van der Waals surface area (Å²) in [5.74, 6) is -0.220. The molecule has 0 unspecified atom stereocenters. The molecule has 0 saturated heterocycles. The molecule has 1 saturated carbocycles. The third-order valence-corrected chi connectivity index (χ3v) is 5.39. The lowest BCUT2D eigenvalue weighted by Gasteiger charge is -2.16. The number of imide groups is 1. The highest BCUT2D eigenvalue weighted by Gasteiger charge is 2.37. The Bertz CT molecular complexity index is 1190. The van der Waals surface area contributed by atoms with Crippen molar-refractivity contribution in [2.75, 3.05) is 10.2 Å². The smallest absolute Gasteiger partial charge is 0.274 e. The lowest BCUT2D eigenvalue weighted by Crippen LogP contribution is -2.29. The maximum absolute atomic E-state index is 12.7. The van der Waals surface area contributed by atoms with Crippen molar-refractivity contribution >= 4 is 40.7 Å². The number of carbonyl (C=O) groups is 3. The summed E-state index contributed by atoms with van der Waals surface area (Å²) in [5, 5.41) is 2.91. The highest BCUT2D eigenvalue weighted by molar-refractivity contribution is 6.40. The molecule has 0 spiro atoms. The number of nitrogens with zero attached hydrogens (tertiary/aromatic N) is 3. The summed E-state index contributed by atoms with van der Waals surface area (Å²) in [7, 11) is 0. The summed E-state index contributed by atoms with van der Waals surface area (Å²) in [6, 6.07) is 12.8. The fraction of sp³-hybridized carbons (Fsp3) is 0.136. The van der Waals surface area contributed by atoms with Crippen molar-refractivity contribution in [2.45, 2.75) is 18.8 Å². The Morgan fingerprint density at radius 2 is 1.73 bits per heavy atom. The Morgan fingerprint density at radius 3 is 2.37 bits per heavy atom. The number of aromatic nitrogens is 2. The van der Waals surface area contributed by atoms with Gasteiger partial charge in [0.2, 0.25) is 0 Å². The van der Waals surface area contributed by atoms with Gasteiger partial charge in [-0.15, -0.1) is 0 Å². The van der Waals surface area contributed by atoms with Crippen molar-refractivity contribution in [2.24, 2.45) is 0 Å². The number of amides is 3. The first-order valence-corrected chi connectivity index (χ1v) is 9.82. The minimum absolute atomic E-state index is 0.170. The fourth-order valence-electron chi connectivity index (χ4n) is 3.41. The number of hydrogen-bond donors (Lipinski definition) is 1. The van der Waals surface area contributed by atoms with Crippen LogP contribution >= 0.6 is 11.6 Å². The van der Waals surface area contributed by atoms with Gasteiger partial charge in [-0.1, -0.05) is 23.7 Å². The van der Waals surface area contributed by atoms with Crippen LogP contribution in [0.1, 0.15) is 55.8 Å². The van der Waals surface area contributed by atoms with E-state index in [1.54, 1.807) is 42.6 Å². The molecule has 2 aromatic carbocycles. The predicted octanol–water partition coefficient (Wildman–Crippen LogP) is 4.06. The first kappa shape index (κ1) is 18.4. The molecule has 7 nitrogen and oxygen atoms in total. The van der Waals surface area contributed by atoms with Gasteiger partial charge in [0.1, 0.15) is 11.5 Å². The van der Waals surface area contributed by atoms with Crippen molar-refractivity contribution in [1.82, 2.24) is 9.97 Å². The van der Waals surface area contributed by atoms with E-state index in [0.29, 0.717) is 28.6 Å². The molecule has 1 fully saturated rings. The number of nitrogens with one attached hydrogen (secondary N) is 1. The van der Waals surface area contributed by atoms with Crippen LogP contribution < -0.4 is 10.2 Å². The molecule has 2 aliphatic rings. The average molecular weight is 419 g/mol. The zero-order valence-electron chi connectivity index (χ0n) is 15.6. The quantitative estimate of drug-likeness (QED) is 0.645. The van der Waals surface area contributed by atoms with Crippen LogP contribution in [0.4, 0.5) is 11.4 Å². The molecule has 1 aromatic heterocycles. The van der Waals surface area contributed by atoms with Crippen LogP contribution in [0.2, 0.25) is 5.02 Å². The van der Waals surface area contributed by atoms with Crippen molar-refractivity contribution in [3.63, 3.8) is 0 Å². The monoisotopic (exact) mass is 418 g/mol. The molecule has 3 amide bonds. The van der Waals surface area contributed by atoms with Crippen molar-refractivity contribution in [1.29, 1.82) is 0 Å². The molecular formula is C22H15ClN4O3. The van der Waals surface area contributed by atoms with E-state index in [-0.39, 0.29) is 22.3 Å². The Morgan fingerprint density at radius 1 is 1.03 bits per heavy atom. The van der Waals surface area contributed by atoms with Gasteiger partial charge < -0.3 is 5.32 Å². The summed E-state index contributed by atoms with van der Waals surface area (Å²) < 4.78 is 0. The highest BCUT2D eigenvalue weighted by Crippen LogP contribution is 2.38. The van der Waals surface area contributed by atoms with E-state index in [1.807, 2.05) is 0 Å². The van der Waals surface area contributed by atoms with E-state index in [2.05, 4.69) is 15.3 Å². The SMILES string of the molecule is O=C(Nc1ccc(N2C(=O)c3ccccc3C2=O)c(Cl)c1)c1ccnc(C2CC2)n1. The third-order valence-electron chi connectivity index (χ3n) is 5.09. The fourth-order valence-corrected chi connectivity index (χ4v) is 3.67. The standard InChI is InChI=1S/C22H15ClN4O3/c23-16-11-13(25-20(28)17-9-10-24-19(26-17)12-5-6-12)7-8-18(16)27-21(29)14-3-1-2-4-15(14)22(27)30/h1-4,7-12H,5-6H2,(H,25,28). The van der Waals surface area contributed by atoms with E-state index in [9.17, 15) is 14.4 Å². The van der Waals surface area contributed by atoms with Crippen molar-refractivity contribution < 1.29 is 14.4 Å². The van der Waals surface area contributed by atoms with Crippen LogP contribution in [0, 0.1) is 0 Å². The molecule has 0 atom stereocenters. The number of hydrogen-bond acceptors (Lipinski definition) is 5. The van der Waals surface area contributed by atoms with Gasteiger partial charge in [-0.2, -0.15) is 0 Å². The third kappa shape index (κ3) is 3.13. The molecule has 3 aromatic rings. The van der Waals surface area contributed by atoms with Gasteiger partial charge in [0.05, 0.1) is 21.8 Å². The minimum atomic E-state index is -0.428. The summed E-state index contributed by atoms with van der Waals surface area (Å²) in [5.41, 5.74) is 1.64. The molecule has 1 N–H and O–H groups in total. The molecular weight excluding hydrogens is 404 g/mol. The molecule has 148 valence electrons. The topological polar surface area (TPSA) is 92.3 Å². The van der Waals surface area contributed by atoms with Gasteiger partial charge in [-0.3, -0.25) is 14.4 Å². The maximum atomic E-state index is 12.7. The minimum Gasteiger partial charge on any atom is -0.321 e. The molecule has 1 aliphatic heterocycles. The van der Waals surface area contributed by atoms with Crippen molar-refractivity contribution in [3.8, 4) is 0 Å². The van der Waals surface area contributed by atoms with E-state index in [1.165, 1.54) is 12.1 Å². The number of benzene rings is 2. The molecule has 0 bridgehead atoms. The predicted molar refractivity (Wildman–Crippen MR) is 111 cm³/mol. The van der Waals surface area contributed by atoms with Gasteiger partial charge in [-0.05, 0) is 49.2 Å². The maximum Gasteiger partial charge on any atom is 0.274 e. The Kier molecular flexibility index (Phi) is 4.33. The van der Waals surface area contributed by atoms with E-state index >= 15 is 0 Å². The van der Waals surface area contributed by atoms with Gasteiger partial charge in [0.25, 0.3) is 17.7 Å². The first-order chi connectivity index (χ1) is 14.5. The Balaban J connectivity index is 1.38. The molecule has 5 rings (SSSR count). The number of fused-ring (bicyclic) bond motifs is 1. The largest absolute Gasteiger partial charge is 0.321 e. The second kappa shape index (κ2) is 7.03. The molecule has 0 radical (unpaired) electrons. The first-order valence-electron chi connectivity index (χ1n) is 9.44. The van der Waals surface area contributed by atoms with E-state index in [4.69, 9.17) is 11.6 Å². The summed E-state index contributed by atoms with van der Waals surface area (Å²) in [6.07, 6.45) is 3.66. The summed E-state index contributed by atoms with van der Waals surface area (Å²) in [6.45, 7) is 0. The van der Waals surface area contributed by atoms with Crippen molar-refractivity contribution in [3.05, 3.63) is 82.4 Å². The van der Waals surface area contributed by atoms with Crippen LogP contribution in [0.25, 0.3) is 0 Å².